The molecule has 2 heterocycles. The summed E-state index contributed by atoms with van der Waals surface area (Å²) < 4.78 is 33.1. The van der Waals surface area contributed by atoms with Gasteiger partial charge in [0, 0.05) is 39.3 Å². The summed E-state index contributed by atoms with van der Waals surface area (Å²) in [5.41, 5.74) is 2.43. The van der Waals surface area contributed by atoms with E-state index in [1.807, 2.05) is 19.1 Å². The highest BCUT2D eigenvalue weighted by atomic mass is 32.2. The Labute approximate surface area is 167 Å². The monoisotopic (exact) mass is 407 g/mol. The van der Waals surface area contributed by atoms with Crippen LogP contribution in [0.15, 0.2) is 23.1 Å². The van der Waals surface area contributed by atoms with Crippen molar-refractivity contribution in [1.29, 1.82) is 0 Å². The third-order valence-electron chi connectivity index (χ3n) is 5.98. The van der Waals surface area contributed by atoms with Gasteiger partial charge in [-0.05, 0) is 49.4 Å². The molecule has 8 heteroatoms. The van der Waals surface area contributed by atoms with Crippen LogP contribution in [0.1, 0.15) is 24.5 Å². The summed E-state index contributed by atoms with van der Waals surface area (Å²) in [4.78, 5) is 16.9. The van der Waals surface area contributed by atoms with E-state index >= 15 is 0 Å². The molecule has 0 radical (unpaired) electrons. The summed E-state index contributed by atoms with van der Waals surface area (Å²) in [7, 11) is -3.50. The van der Waals surface area contributed by atoms with Crippen LogP contribution in [-0.2, 0) is 32.4 Å². The van der Waals surface area contributed by atoms with Crippen molar-refractivity contribution in [2.45, 2.75) is 37.2 Å². The molecule has 1 aromatic carbocycles. The van der Waals surface area contributed by atoms with Crippen molar-refractivity contribution in [3.8, 4) is 0 Å². The number of fused-ring (bicyclic) bond motifs is 1. The Morgan fingerprint density at radius 3 is 2.61 bits per heavy atom. The summed E-state index contributed by atoms with van der Waals surface area (Å²) in [5, 5.41) is 0. The third kappa shape index (κ3) is 4.10. The number of ether oxygens (including phenoxy) is 1. The Morgan fingerprint density at radius 1 is 1.11 bits per heavy atom. The van der Waals surface area contributed by atoms with Gasteiger partial charge < -0.3 is 9.64 Å². The number of nitrogens with zero attached hydrogens (tertiary/aromatic N) is 3. The zero-order valence-electron chi connectivity index (χ0n) is 16.5. The van der Waals surface area contributed by atoms with E-state index in [-0.39, 0.29) is 12.0 Å². The molecule has 4 rings (SSSR count). The molecule has 0 spiro atoms. The van der Waals surface area contributed by atoms with Crippen molar-refractivity contribution in [1.82, 2.24) is 14.1 Å². The minimum absolute atomic E-state index is 0.0729. The number of carbonyl (C=O) groups is 1. The number of aryl methyl sites for hydroxylation is 2. The molecule has 1 aromatic rings. The van der Waals surface area contributed by atoms with E-state index in [0.29, 0.717) is 44.2 Å². The van der Waals surface area contributed by atoms with Gasteiger partial charge in [0.2, 0.25) is 15.9 Å². The minimum Gasteiger partial charge on any atom is -0.376 e. The molecule has 7 nitrogen and oxygen atoms in total. The molecule has 0 N–H and O–H groups in total. The number of piperazine rings is 1. The summed E-state index contributed by atoms with van der Waals surface area (Å²) >= 11 is 0. The largest absolute Gasteiger partial charge is 0.376 e. The Hall–Kier alpha value is -1.48. The van der Waals surface area contributed by atoms with Crippen molar-refractivity contribution in [2.24, 2.45) is 0 Å². The van der Waals surface area contributed by atoms with Crippen LogP contribution >= 0.6 is 0 Å². The van der Waals surface area contributed by atoms with Gasteiger partial charge in [-0.2, -0.15) is 4.31 Å². The molecule has 2 fully saturated rings. The van der Waals surface area contributed by atoms with Gasteiger partial charge in [-0.25, -0.2) is 8.42 Å². The lowest BCUT2D eigenvalue weighted by Crippen LogP contribution is -2.53. The number of hydrogen-bond acceptors (Lipinski definition) is 5. The second kappa shape index (κ2) is 8.10. The molecule has 28 heavy (non-hydrogen) atoms. The Morgan fingerprint density at radius 2 is 1.86 bits per heavy atom. The molecule has 154 valence electrons. The highest BCUT2D eigenvalue weighted by molar-refractivity contribution is 7.89. The van der Waals surface area contributed by atoms with Crippen LogP contribution < -0.4 is 0 Å². The van der Waals surface area contributed by atoms with Crippen LogP contribution in [0.2, 0.25) is 0 Å². The average molecular weight is 408 g/mol. The van der Waals surface area contributed by atoms with E-state index in [1.54, 1.807) is 11.0 Å². The lowest BCUT2D eigenvalue weighted by Gasteiger charge is -2.36. The van der Waals surface area contributed by atoms with Crippen LogP contribution in [0, 0.1) is 0 Å². The number of rotatable bonds is 4. The smallest absolute Gasteiger partial charge is 0.243 e. The van der Waals surface area contributed by atoms with Gasteiger partial charge in [-0.3, -0.25) is 9.69 Å². The second-order valence-corrected chi connectivity index (χ2v) is 9.92. The number of sulfonamides is 1. The van der Waals surface area contributed by atoms with Crippen LogP contribution in [-0.4, -0.2) is 87.0 Å². The molecule has 0 unspecified atom stereocenters. The minimum atomic E-state index is -3.50. The summed E-state index contributed by atoms with van der Waals surface area (Å²) in [6.45, 7) is 6.17. The normalized spacial score (nSPS) is 24.3. The standard InChI is InChI=1S/C20H29N3O4S/c1-16-14-21(11-12-27-16)15-20(24)22-7-9-23(10-8-22)28(25,26)19-6-5-17-3-2-4-18(17)13-19/h5-6,13,16H,2-4,7-12,14-15H2,1H3/t16-/m0/s1. The molecule has 0 bridgehead atoms. The maximum absolute atomic E-state index is 13.0. The number of morpholine rings is 1. The van der Waals surface area contributed by atoms with Gasteiger partial charge in [0.25, 0.3) is 0 Å². The lowest BCUT2D eigenvalue weighted by molar-refractivity contribution is -0.135. The first-order valence-corrected chi connectivity index (χ1v) is 11.6. The van der Waals surface area contributed by atoms with Crippen molar-refractivity contribution < 1.29 is 17.9 Å². The topological polar surface area (TPSA) is 70.2 Å². The Balaban J connectivity index is 1.35. The second-order valence-electron chi connectivity index (χ2n) is 7.99. The van der Waals surface area contributed by atoms with E-state index in [9.17, 15) is 13.2 Å². The molecule has 1 amide bonds. The fourth-order valence-electron chi connectivity index (χ4n) is 4.36. The van der Waals surface area contributed by atoms with Crippen LogP contribution in [0.25, 0.3) is 0 Å². The van der Waals surface area contributed by atoms with Gasteiger partial charge >= 0.3 is 0 Å². The van der Waals surface area contributed by atoms with Gasteiger partial charge in [0.15, 0.2) is 0 Å². The molecule has 0 aromatic heterocycles. The van der Waals surface area contributed by atoms with Crippen molar-refractivity contribution in [2.75, 3.05) is 52.4 Å². The molecule has 3 aliphatic rings. The zero-order chi connectivity index (χ0) is 19.7. The third-order valence-corrected chi connectivity index (χ3v) is 7.88. The molecular weight excluding hydrogens is 378 g/mol. The first-order chi connectivity index (χ1) is 13.4. The maximum Gasteiger partial charge on any atom is 0.243 e. The zero-order valence-corrected chi connectivity index (χ0v) is 17.3. The molecule has 1 aliphatic carbocycles. The summed E-state index contributed by atoms with van der Waals surface area (Å²) in [6, 6.07) is 5.53. The molecule has 0 saturated carbocycles. The van der Waals surface area contributed by atoms with Gasteiger partial charge in [0.1, 0.15) is 0 Å². The summed E-state index contributed by atoms with van der Waals surface area (Å²) in [6.07, 6.45) is 3.25. The van der Waals surface area contributed by atoms with Crippen molar-refractivity contribution in [3.05, 3.63) is 29.3 Å². The lowest BCUT2D eigenvalue weighted by atomic mass is 10.1. The number of carbonyl (C=O) groups excluding carboxylic acids is 1. The van der Waals surface area contributed by atoms with Crippen molar-refractivity contribution >= 4 is 15.9 Å². The SMILES string of the molecule is C[C@H]1CN(CC(=O)N2CCN(S(=O)(=O)c3ccc4c(c3)CCC4)CC2)CCO1. The van der Waals surface area contributed by atoms with Gasteiger partial charge in [-0.15, -0.1) is 0 Å². The van der Waals surface area contributed by atoms with Gasteiger partial charge in [0.05, 0.1) is 24.2 Å². The highest BCUT2D eigenvalue weighted by Gasteiger charge is 2.31. The molecule has 1 atom stereocenters. The van der Waals surface area contributed by atoms with Crippen LogP contribution in [0.4, 0.5) is 0 Å². The Bertz CT molecular complexity index is 834. The van der Waals surface area contributed by atoms with E-state index in [4.69, 9.17) is 4.74 Å². The predicted molar refractivity (Wildman–Crippen MR) is 106 cm³/mol. The number of hydrogen-bond donors (Lipinski definition) is 0. The van der Waals surface area contributed by atoms with E-state index in [1.165, 1.54) is 9.87 Å². The van der Waals surface area contributed by atoms with E-state index in [0.717, 1.165) is 37.9 Å². The van der Waals surface area contributed by atoms with E-state index < -0.39 is 10.0 Å². The first kappa shape index (κ1) is 19.8. The predicted octanol–water partition coefficient (Wildman–Crippen LogP) is 0.729. The molecular formula is C20H29N3O4S. The maximum atomic E-state index is 13.0. The molecule has 2 aliphatic heterocycles. The van der Waals surface area contributed by atoms with Crippen LogP contribution in [0.3, 0.4) is 0 Å². The number of amides is 1. The molecule has 2 saturated heterocycles. The first-order valence-electron chi connectivity index (χ1n) is 10.2. The van der Waals surface area contributed by atoms with Crippen molar-refractivity contribution in [3.63, 3.8) is 0 Å². The fourth-order valence-corrected chi connectivity index (χ4v) is 5.83. The quantitative estimate of drug-likeness (QED) is 0.736. The average Bonchev–Trinajstić information content (AvgIpc) is 3.16. The van der Waals surface area contributed by atoms with E-state index in [2.05, 4.69) is 4.90 Å². The Kier molecular flexibility index (Phi) is 5.73. The number of benzene rings is 1. The van der Waals surface area contributed by atoms with Crippen LogP contribution in [0.5, 0.6) is 0 Å². The fraction of sp³-hybridized carbons (Fsp3) is 0.650. The highest BCUT2D eigenvalue weighted by Crippen LogP contribution is 2.26. The van der Waals surface area contributed by atoms with Gasteiger partial charge in [-0.1, -0.05) is 6.07 Å². The summed E-state index contributed by atoms with van der Waals surface area (Å²) in [5.74, 6) is 0.0729.